The lowest BCUT2D eigenvalue weighted by atomic mass is 10.4. The van der Waals surface area contributed by atoms with Gasteiger partial charge in [0.25, 0.3) is 5.56 Å². The summed E-state index contributed by atoms with van der Waals surface area (Å²) in [6.07, 6.45) is 0. The zero-order valence-corrected chi connectivity index (χ0v) is 8.34. The number of H-pyrrole nitrogens is 1. The number of aromatic amines is 1. The van der Waals surface area contributed by atoms with Crippen molar-refractivity contribution in [2.45, 2.75) is 6.92 Å². The van der Waals surface area contributed by atoms with Crippen LogP contribution >= 0.6 is 11.6 Å². The average molecular weight is 204 g/mol. The topological polar surface area (TPSA) is 58.1 Å². The molecule has 0 aliphatic heterocycles. The Morgan fingerprint density at radius 1 is 1.38 bits per heavy atom. The molecule has 1 aromatic rings. The van der Waals surface area contributed by atoms with Gasteiger partial charge in [-0.2, -0.15) is 4.68 Å². The Balaban J connectivity index is 3.64. The molecule has 0 aliphatic carbocycles. The fourth-order valence-electron chi connectivity index (χ4n) is 0.949. The molecule has 0 unspecified atom stereocenters. The van der Waals surface area contributed by atoms with Crippen molar-refractivity contribution in [1.82, 2.24) is 9.66 Å². The highest BCUT2D eigenvalue weighted by Gasteiger charge is 2.09. The summed E-state index contributed by atoms with van der Waals surface area (Å²) >= 11 is 5.61. The minimum atomic E-state index is -0.536. The number of rotatable bonds is 1. The highest BCUT2D eigenvalue weighted by molar-refractivity contribution is 6.30. The lowest BCUT2D eigenvalue weighted by Gasteiger charge is -2.14. The minimum Gasteiger partial charge on any atom is -0.312 e. The van der Waals surface area contributed by atoms with Crippen LogP contribution in [0, 0.1) is 6.92 Å². The number of hydrogen-bond donors (Lipinski definition) is 1. The van der Waals surface area contributed by atoms with Crippen LogP contribution in [-0.4, -0.2) is 23.8 Å². The lowest BCUT2D eigenvalue weighted by Crippen LogP contribution is -2.47. The highest BCUT2D eigenvalue weighted by atomic mass is 35.5. The summed E-state index contributed by atoms with van der Waals surface area (Å²) in [4.78, 5) is 25.1. The smallest absolute Gasteiger partial charge is 0.312 e. The molecule has 72 valence electrons. The van der Waals surface area contributed by atoms with E-state index in [1.54, 1.807) is 21.0 Å². The van der Waals surface area contributed by atoms with Gasteiger partial charge >= 0.3 is 5.69 Å². The van der Waals surface area contributed by atoms with Gasteiger partial charge in [-0.1, -0.05) is 11.6 Å². The monoisotopic (exact) mass is 203 g/mol. The highest BCUT2D eigenvalue weighted by Crippen LogP contribution is 2.02. The van der Waals surface area contributed by atoms with Gasteiger partial charge in [0, 0.05) is 14.1 Å². The second kappa shape index (κ2) is 3.26. The molecule has 0 spiro atoms. The fraction of sp³-hybridized carbons (Fsp3) is 0.429. The Morgan fingerprint density at radius 3 is 2.38 bits per heavy atom. The molecule has 0 bridgehead atoms. The van der Waals surface area contributed by atoms with Crippen LogP contribution in [0.5, 0.6) is 0 Å². The van der Waals surface area contributed by atoms with Crippen LogP contribution < -0.4 is 16.3 Å². The van der Waals surface area contributed by atoms with E-state index in [1.807, 2.05) is 0 Å². The lowest BCUT2D eigenvalue weighted by molar-refractivity contribution is 0.646. The standard InChI is InChI=1S/C7H10ClN3O2/c1-4-5(8)9-7(13)11(6(4)12)10(2)3/h1-3H3,(H,9,13). The van der Waals surface area contributed by atoms with Gasteiger partial charge in [-0.3, -0.25) is 9.78 Å². The summed E-state index contributed by atoms with van der Waals surface area (Å²) in [6.45, 7) is 1.56. The van der Waals surface area contributed by atoms with Crippen LogP contribution in [0.4, 0.5) is 0 Å². The van der Waals surface area contributed by atoms with Crippen LogP contribution in [0.15, 0.2) is 9.59 Å². The van der Waals surface area contributed by atoms with Crippen molar-refractivity contribution in [2.75, 3.05) is 19.1 Å². The number of aromatic nitrogens is 2. The van der Waals surface area contributed by atoms with Crippen molar-refractivity contribution in [3.63, 3.8) is 0 Å². The van der Waals surface area contributed by atoms with Gasteiger partial charge in [-0.25, -0.2) is 4.79 Å². The van der Waals surface area contributed by atoms with Gasteiger partial charge in [-0.15, -0.1) is 0 Å². The second-order valence-corrected chi connectivity index (χ2v) is 3.21. The summed E-state index contributed by atoms with van der Waals surface area (Å²) in [5.41, 5.74) is -0.612. The van der Waals surface area contributed by atoms with Crippen LogP contribution in [0.2, 0.25) is 5.15 Å². The summed E-state index contributed by atoms with van der Waals surface area (Å²) in [5, 5.41) is 1.48. The Labute approximate surface area is 79.5 Å². The molecular formula is C7H10ClN3O2. The molecular weight excluding hydrogens is 194 g/mol. The maximum Gasteiger partial charge on any atom is 0.348 e. The summed E-state index contributed by atoms with van der Waals surface area (Å²) in [6, 6.07) is 0. The second-order valence-electron chi connectivity index (χ2n) is 2.83. The van der Waals surface area contributed by atoms with Gasteiger partial charge < -0.3 is 5.01 Å². The predicted octanol–water partition coefficient (Wildman–Crippen LogP) is -0.304. The van der Waals surface area contributed by atoms with Crippen molar-refractivity contribution in [3.05, 3.63) is 31.6 Å². The van der Waals surface area contributed by atoms with Gasteiger partial charge in [0.05, 0.1) is 5.56 Å². The molecule has 0 amide bonds. The van der Waals surface area contributed by atoms with E-state index in [-0.39, 0.29) is 5.15 Å². The fourth-order valence-corrected chi connectivity index (χ4v) is 1.11. The first-order valence-electron chi connectivity index (χ1n) is 3.64. The van der Waals surface area contributed by atoms with E-state index >= 15 is 0 Å². The van der Waals surface area contributed by atoms with Crippen molar-refractivity contribution in [3.8, 4) is 0 Å². The molecule has 1 rings (SSSR count). The Morgan fingerprint density at radius 2 is 1.92 bits per heavy atom. The van der Waals surface area contributed by atoms with E-state index in [1.165, 1.54) is 5.01 Å². The van der Waals surface area contributed by atoms with Crippen LogP contribution in [0.3, 0.4) is 0 Å². The SMILES string of the molecule is Cc1c(Cl)[nH]c(=O)n(N(C)C)c1=O. The first-order chi connectivity index (χ1) is 5.95. The zero-order valence-electron chi connectivity index (χ0n) is 7.59. The van der Waals surface area contributed by atoms with Gasteiger partial charge in [0.2, 0.25) is 0 Å². The van der Waals surface area contributed by atoms with Gasteiger partial charge in [0.15, 0.2) is 0 Å². The number of nitrogens with zero attached hydrogens (tertiary/aromatic N) is 2. The summed E-state index contributed by atoms with van der Waals surface area (Å²) in [7, 11) is 3.20. The maximum absolute atomic E-state index is 11.5. The van der Waals surface area contributed by atoms with Crippen LogP contribution in [0.25, 0.3) is 0 Å². The Bertz CT molecular complexity index is 432. The molecule has 0 aliphatic rings. The van der Waals surface area contributed by atoms with Crippen molar-refractivity contribution < 1.29 is 0 Å². The van der Waals surface area contributed by atoms with E-state index in [4.69, 9.17) is 11.6 Å². The Kier molecular flexibility index (Phi) is 2.47. The molecule has 0 atom stereocenters. The first-order valence-corrected chi connectivity index (χ1v) is 4.02. The Hall–Kier alpha value is -1.23. The molecule has 0 saturated heterocycles. The molecule has 1 aromatic heterocycles. The predicted molar refractivity (Wildman–Crippen MR) is 51.1 cm³/mol. The summed E-state index contributed by atoms with van der Waals surface area (Å²) in [5.74, 6) is 0. The molecule has 1 N–H and O–H groups in total. The van der Waals surface area contributed by atoms with E-state index in [0.717, 1.165) is 4.68 Å². The normalized spacial score (nSPS) is 10.2. The molecule has 0 radical (unpaired) electrons. The molecule has 0 aromatic carbocycles. The van der Waals surface area contributed by atoms with Gasteiger partial charge in [0.1, 0.15) is 5.15 Å². The third-order valence-corrected chi connectivity index (χ3v) is 2.03. The molecule has 5 nitrogen and oxygen atoms in total. The minimum absolute atomic E-state index is 0.0908. The molecule has 0 saturated carbocycles. The number of hydrogen-bond acceptors (Lipinski definition) is 3. The van der Waals surface area contributed by atoms with Crippen LogP contribution in [0.1, 0.15) is 5.56 Å². The van der Waals surface area contributed by atoms with E-state index in [0.29, 0.717) is 5.56 Å². The molecule has 0 fully saturated rings. The third-order valence-electron chi connectivity index (χ3n) is 1.65. The van der Waals surface area contributed by atoms with E-state index < -0.39 is 11.2 Å². The van der Waals surface area contributed by atoms with Crippen molar-refractivity contribution >= 4 is 11.6 Å². The number of halogens is 1. The first kappa shape index (κ1) is 9.85. The largest absolute Gasteiger partial charge is 0.348 e. The van der Waals surface area contributed by atoms with Crippen molar-refractivity contribution in [1.29, 1.82) is 0 Å². The van der Waals surface area contributed by atoms with Crippen molar-refractivity contribution in [2.24, 2.45) is 0 Å². The molecule has 13 heavy (non-hydrogen) atoms. The van der Waals surface area contributed by atoms with Crippen LogP contribution in [-0.2, 0) is 0 Å². The molecule has 1 heterocycles. The quantitative estimate of drug-likeness (QED) is 0.638. The number of nitrogens with one attached hydrogen (secondary N) is 1. The van der Waals surface area contributed by atoms with Gasteiger partial charge in [-0.05, 0) is 6.92 Å². The third kappa shape index (κ3) is 1.60. The van der Waals surface area contributed by atoms with E-state index in [9.17, 15) is 9.59 Å². The molecule has 6 heteroatoms. The average Bonchev–Trinajstić information content (AvgIpc) is 1.99. The van der Waals surface area contributed by atoms with E-state index in [2.05, 4.69) is 4.98 Å². The maximum atomic E-state index is 11.5. The summed E-state index contributed by atoms with van der Waals surface area (Å²) < 4.78 is 0.973. The zero-order chi connectivity index (χ0) is 10.2.